The van der Waals surface area contributed by atoms with Gasteiger partial charge in [0.2, 0.25) is 11.8 Å². The minimum atomic E-state index is -1.08. The molecule has 2 aliphatic rings. The van der Waals surface area contributed by atoms with Crippen LogP contribution in [0.1, 0.15) is 81.3 Å². The fourth-order valence-electron chi connectivity index (χ4n) is 4.83. The number of carboxylic acid groups (broad SMARTS) is 1. The van der Waals surface area contributed by atoms with Crippen LogP contribution in [0.4, 0.5) is 5.69 Å². The van der Waals surface area contributed by atoms with Gasteiger partial charge in [-0.1, -0.05) is 18.8 Å². The number of rotatable bonds is 6. The number of piperazine rings is 1. The maximum absolute atomic E-state index is 13.9. The standard InChI is InChI=1S/C28H41N3O4S/c1-19-7-9-21(10-8-19)26(33)31(20(2)17-24(32)30-15-13-29(6)14-16-30)23-18-22(11-12-28(3,4)5)36-25(23)27(34)35/h18-21H,7-10,13-17H2,1-6H3,(H,34,35)/t19?,20-,21?/m1/s1. The molecule has 1 saturated heterocycles. The third kappa shape index (κ3) is 7.33. The largest absolute Gasteiger partial charge is 0.477 e. The maximum Gasteiger partial charge on any atom is 0.348 e. The van der Waals surface area contributed by atoms with Gasteiger partial charge in [0.1, 0.15) is 4.88 Å². The summed E-state index contributed by atoms with van der Waals surface area (Å²) in [6.45, 7) is 13.1. The van der Waals surface area contributed by atoms with Crippen LogP contribution in [-0.4, -0.2) is 72.0 Å². The SMILES string of the molecule is CC1CCC(C(=O)N(c2cc(C#CC(C)(C)C)sc2C(=O)O)[C@H](C)CC(=O)N2CCN(C)CC2)CC1. The van der Waals surface area contributed by atoms with Crippen LogP contribution in [0.2, 0.25) is 0 Å². The molecular formula is C28H41N3O4S. The van der Waals surface area contributed by atoms with E-state index >= 15 is 0 Å². The lowest BCUT2D eigenvalue weighted by Gasteiger charge is -2.36. The highest BCUT2D eigenvalue weighted by Gasteiger charge is 2.36. The molecular weight excluding hydrogens is 474 g/mol. The van der Waals surface area contributed by atoms with Gasteiger partial charge in [-0.3, -0.25) is 9.59 Å². The van der Waals surface area contributed by atoms with Gasteiger partial charge in [0.05, 0.1) is 10.6 Å². The molecule has 2 heterocycles. The smallest absolute Gasteiger partial charge is 0.348 e. The van der Waals surface area contributed by atoms with E-state index in [9.17, 15) is 19.5 Å². The average Bonchev–Trinajstić information content (AvgIpc) is 3.22. The van der Waals surface area contributed by atoms with Gasteiger partial charge in [0.25, 0.3) is 0 Å². The molecule has 2 amide bonds. The van der Waals surface area contributed by atoms with Crippen molar-refractivity contribution in [1.82, 2.24) is 9.80 Å². The van der Waals surface area contributed by atoms with Crippen molar-refractivity contribution in [2.24, 2.45) is 17.3 Å². The molecule has 7 nitrogen and oxygen atoms in total. The molecule has 3 rings (SSSR count). The van der Waals surface area contributed by atoms with Gasteiger partial charge in [0, 0.05) is 50.0 Å². The minimum Gasteiger partial charge on any atom is -0.477 e. The van der Waals surface area contributed by atoms with E-state index < -0.39 is 12.0 Å². The molecule has 1 aliphatic carbocycles. The molecule has 8 heteroatoms. The second-order valence-corrected chi connectivity index (χ2v) is 12.6. The monoisotopic (exact) mass is 515 g/mol. The summed E-state index contributed by atoms with van der Waals surface area (Å²) < 4.78 is 0. The molecule has 2 fully saturated rings. The van der Waals surface area contributed by atoms with Crippen molar-refractivity contribution >= 4 is 34.8 Å². The number of aromatic carboxylic acids is 1. The highest BCUT2D eigenvalue weighted by Crippen LogP contribution is 2.36. The zero-order valence-electron chi connectivity index (χ0n) is 22.6. The summed E-state index contributed by atoms with van der Waals surface area (Å²) >= 11 is 1.10. The van der Waals surface area contributed by atoms with Crippen molar-refractivity contribution in [2.45, 2.75) is 72.8 Å². The third-order valence-electron chi connectivity index (χ3n) is 7.10. The molecule has 1 aromatic heterocycles. The highest BCUT2D eigenvalue weighted by molar-refractivity contribution is 7.15. The Morgan fingerprint density at radius 2 is 1.75 bits per heavy atom. The Hall–Kier alpha value is -2.37. The number of hydrogen-bond acceptors (Lipinski definition) is 5. The van der Waals surface area contributed by atoms with Crippen molar-refractivity contribution in [3.63, 3.8) is 0 Å². The Labute approximate surface area is 219 Å². The molecule has 198 valence electrons. The predicted octanol–water partition coefficient (Wildman–Crippen LogP) is 4.56. The topological polar surface area (TPSA) is 81.2 Å². The van der Waals surface area contributed by atoms with Gasteiger partial charge in [0.15, 0.2) is 0 Å². The van der Waals surface area contributed by atoms with E-state index in [1.807, 2.05) is 39.6 Å². The second kappa shape index (κ2) is 11.8. The molecule has 1 saturated carbocycles. The quantitative estimate of drug-likeness (QED) is 0.562. The van der Waals surface area contributed by atoms with Crippen molar-refractivity contribution in [3.05, 3.63) is 15.8 Å². The average molecular weight is 516 g/mol. The van der Waals surface area contributed by atoms with Crippen LogP contribution >= 0.6 is 11.3 Å². The lowest BCUT2D eigenvalue weighted by Crippen LogP contribution is -2.50. The fourth-order valence-corrected chi connectivity index (χ4v) is 5.67. The van der Waals surface area contributed by atoms with Crippen LogP contribution in [0, 0.1) is 29.1 Å². The Bertz CT molecular complexity index is 1020. The number of likely N-dealkylation sites (N-methyl/N-ethyl adjacent to an activating group) is 1. The summed E-state index contributed by atoms with van der Waals surface area (Å²) in [7, 11) is 2.04. The van der Waals surface area contributed by atoms with Crippen LogP contribution in [0.25, 0.3) is 0 Å². The van der Waals surface area contributed by atoms with Crippen molar-refractivity contribution in [3.8, 4) is 11.8 Å². The van der Waals surface area contributed by atoms with E-state index in [0.717, 1.165) is 50.1 Å². The van der Waals surface area contributed by atoms with Crippen molar-refractivity contribution in [1.29, 1.82) is 0 Å². The van der Waals surface area contributed by atoms with E-state index in [2.05, 4.69) is 23.7 Å². The number of amides is 2. The number of carbonyl (C=O) groups is 3. The van der Waals surface area contributed by atoms with E-state index in [1.165, 1.54) is 0 Å². The first-order valence-electron chi connectivity index (χ1n) is 13.1. The first kappa shape index (κ1) is 28.2. The molecule has 1 N–H and O–H groups in total. The van der Waals surface area contributed by atoms with Gasteiger partial charge in [-0.15, -0.1) is 11.3 Å². The minimum absolute atomic E-state index is 0.00511. The lowest BCUT2D eigenvalue weighted by atomic mass is 9.82. The van der Waals surface area contributed by atoms with Gasteiger partial charge >= 0.3 is 5.97 Å². The Morgan fingerprint density at radius 3 is 2.31 bits per heavy atom. The van der Waals surface area contributed by atoms with Gasteiger partial charge in [-0.2, -0.15) is 0 Å². The molecule has 36 heavy (non-hydrogen) atoms. The number of nitrogens with zero attached hydrogens (tertiary/aromatic N) is 3. The number of thiophene rings is 1. The molecule has 0 bridgehead atoms. The number of hydrogen-bond donors (Lipinski definition) is 1. The van der Waals surface area contributed by atoms with Crippen LogP contribution < -0.4 is 4.90 Å². The van der Waals surface area contributed by atoms with Gasteiger partial charge < -0.3 is 19.8 Å². The summed E-state index contributed by atoms with van der Waals surface area (Å²) in [5.74, 6) is 5.55. The molecule has 0 unspecified atom stereocenters. The van der Waals surface area contributed by atoms with Crippen LogP contribution in [0.3, 0.4) is 0 Å². The summed E-state index contributed by atoms with van der Waals surface area (Å²) in [6, 6.07) is 1.27. The normalized spacial score (nSPS) is 21.9. The molecule has 1 aliphatic heterocycles. The first-order chi connectivity index (χ1) is 16.9. The Morgan fingerprint density at radius 1 is 1.14 bits per heavy atom. The van der Waals surface area contributed by atoms with Gasteiger partial charge in [-0.25, -0.2) is 4.79 Å². The number of carboxylic acids is 1. The van der Waals surface area contributed by atoms with Crippen LogP contribution in [-0.2, 0) is 9.59 Å². The number of anilines is 1. The fraction of sp³-hybridized carbons (Fsp3) is 0.679. The summed E-state index contributed by atoms with van der Waals surface area (Å²) in [6.07, 6.45) is 3.71. The van der Waals surface area contributed by atoms with E-state index in [-0.39, 0.29) is 34.4 Å². The zero-order chi connectivity index (χ0) is 26.6. The Kier molecular flexibility index (Phi) is 9.23. The second-order valence-electron chi connectivity index (χ2n) is 11.5. The summed E-state index contributed by atoms with van der Waals surface area (Å²) in [5.41, 5.74) is 0.136. The molecule has 0 spiro atoms. The molecule has 1 aromatic rings. The predicted molar refractivity (Wildman–Crippen MR) is 144 cm³/mol. The first-order valence-corrected chi connectivity index (χ1v) is 13.9. The molecule has 0 aromatic carbocycles. The van der Waals surface area contributed by atoms with Crippen molar-refractivity contribution in [2.75, 3.05) is 38.1 Å². The lowest BCUT2D eigenvalue weighted by molar-refractivity contribution is -0.133. The van der Waals surface area contributed by atoms with E-state index in [1.54, 1.807) is 11.0 Å². The molecule has 1 atom stereocenters. The Balaban J connectivity index is 1.94. The number of carbonyl (C=O) groups excluding carboxylic acids is 2. The summed E-state index contributed by atoms with van der Waals surface area (Å²) in [4.78, 5) is 45.7. The molecule has 0 radical (unpaired) electrons. The van der Waals surface area contributed by atoms with Crippen molar-refractivity contribution < 1.29 is 19.5 Å². The van der Waals surface area contributed by atoms with Crippen LogP contribution in [0.15, 0.2) is 6.07 Å². The van der Waals surface area contributed by atoms with Gasteiger partial charge in [-0.05, 0) is 72.4 Å². The van der Waals surface area contributed by atoms with E-state index in [0.29, 0.717) is 29.6 Å². The summed E-state index contributed by atoms with van der Waals surface area (Å²) in [5, 5.41) is 10.0. The van der Waals surface area contributed by atoms with E-state index in [4.69, 9.17) is 0 Å². The third-order valence-corrected chi connectivity index (χ3v) is 8.12. The zero-order valence-corrected chi connectivity index (χ0v) is 23.4. The highest BCUT2D eigenvalue weighted by atomic mass is 32.1. The van der Waals surface area contributed by atoms with Crippen LogP contribution in [0.5, 0.6) is 0 Å². The maximum atomic E-state index is 13.9.